The van der Waals surface area contributed by atoms with E-state index in [0.29, 0.717) is 0 Å². The Morgan fingerprint density at radius 1 is 1.25 bits per heavy atom. The van der Waals surface area contributed by atoms with E-state index in [1.807, 2.05) is 12.1 Å². The molecule has 4 nitrogen and oxygen atoms in total. The number of aryl methyl sites for hydroxylation is 1. The van der Waals surface area contributed by atoms with Crippen LogP contribution in [-0.2, 0) is 6.42 Å². The SMILES string of the molecule is CCc1ccc(OC2C[C@H]3CC[C@@H](C2)N3C(=O)O)cc1. The van der Waals surface area contributed by atoms with Crippen LogP contribution in [0.5, 0.6) is 5.75 Å². The average molecular weight is 275 g/mol. The first kappa shape index (κ1) is 13.3. The summed E-state index contributed by atoms with van der Waals surface area (Å²) < 4.78 is 6.04. The van der Waals surface area contributed by atoms with Crippen LogP contribution < -0.4 is 4.74 Å². The van der Waals surface area contributed by atoms with E-state index < -0.39 is 6.09 Å². The Morgan fingerprint density at radius 3 is 2.35 bits per heavy atom. The van der Waals surface area contributed by atoms with Gasteiger partial charge in [0.2, 0.25) is 0 Å². The summed E-state index contributed by atoms with van der Waals surface area (Å²) in [5, 5.41) is 9.24. The van der Waals surface area contributed by atoms with Crippen molar-refractivity contribution in [2.75, 3.05) is 0 Å². The van der Waals surface area contributed by atoms with Crippen LogP contribution in [0.15, 0.2) is 24.3 Å². The van der Waals surface area contributed by atoms with E-state index >= 15 is 0 Å². The molecule has 0 aliphatic carbocycles. The van der Waals surface area contributed by atoms with Crippen molar-refractivity contribution >= 4 is 6.09 Å². The summed E-state index contributed by atoms with van der Waals surface area (Å²) in [6, 6.07) is 8.51. The summed E-state index contributed by atoms with van der Waals surface area (Å²) in [7, 11) is 0. The van der Waals surface area contributed by atoms with Crippen molar-refractivity contribution in [3.05, 3.63) is 29.8 Å². The Balaban J connectivity index is 1.64. The number of carboxylic acid groups (broad SMARTS) is 1. The van der Waals surface area contributed by atoms with Crippen molar-refractivity contribution in [1.29, 1.82) is 0 Å². The van der Waals surface area contributed by atoms with Gasteiger partial charge in [0.05, 0.1) is 0 Å². The Bertz CT molecular complexity index is 471. The van der Waals surface area contributed by atoms with Crippen molar-refractivity contribution in [3.8, 4) is 5.75 Å². The Morgan fingerprint density at radius 2 is 1.85 bits per heavy atom. The summed E-state index contributed by atoms with van der Waals surface area (Å²) in [5.41, 5.74) is 1.30. The molecule has 0 spiro atoms. The molecule has 2 aliphatic rings. The number of amides is 1. The van der Waals surface area contributed by atoms with E-state index in [1.54, 1.807) is 4.90 Å². The van der Waals surface area contributed by atoms with Gasteiger partial charge >= 0.3 is 6.09 Å². The highest BCUT2D eigenvalue weighted by molar-refractivity contribution is 5.66. The third-order valence-electron chi connectivity index (χ3n) is 4.55. The van der Waals surface area contributed by atoms with Crippen molar-refractivity contribution < 1.29 is 14.6 Å². The molecular weight excluding hydrogens is 254 g/mol. The van der Waals surface area contributed by atoms with Gasteiger partial charge in [-0.3, -0.25) is 0 Å². The fourth-order valence-corrected chi connectivity index (χ4v) is 3.53. The number of fused-ring (bicyclic) bond motifs is 2. The van der Waals surface area contributed by atoms with E-state index in [2.05, 4.69) is 19.1 Å². The molecule has 20 heavy (non-hydrogen) atoms. The molecule has 2 bridgehead atoms. The highest BCUT2D eigenvalue weighted by Gasteiger charge is 2.44. The van der Waals surface area contributed by atoms with Gasteiger partial charge in [-0.25, -0.2) is 4.79 Å². The maximum absolute atomic E-state index is 11.2. The van der Waals surface area contributed by atoms with Gasteiger partial charge in [0.1, 0.15) is 11.9 Å². The fraction of sp³-hybridized carbons (Fsp3) is 0.562. The Labute approximate surface area is 119 Å². The fourth-order valence-electron chi connectivity index (χ4n) is 3.53. The van der Waals surface area contributed by atoms with Crippen molar-refractivity contribution in [1.82, 2.24) is 4.90 Å². The summed E-state index contributed by atoms with van der Waals surface area (Å²) in [6.45, 7) is 2.13. The zero-order chi connectivity index (χ0) is 14.1. The maximum Gasteiger partial charge on any atom is 0.407 e. The minimum Gasteiger partial charge on any atom is -0.490 e. The number of nitrogens with zero attached hydrogens (tertiary/aromatic N) is 1. The van der Waals surface area contributed by atoms with Crippen molar-refractivity contribution in [3.63, 3.8) is 0 Å². The first-order chi connectivity index (χ1) is 9.67. The number of piperidine rings is 1. The molecule has 2 saturated heterocycles. The predicted molar refractivity (Wildman–Crippen MR) is 76.1 cm³/mol. The van der Waals surface area contributed by atoms with Gasteiger partial charge in [0.25, 0.3) is 0 Å². The van der Waals surface area contributed by atoms with Crippen LogP contribution in [-0.4, -0.2) is 34.3 Å². The first-order valence-electron chi connectivity index (χ1n) is 7.44. The Hall–Kier alpha value is -1.71. The second-order valence-electron chi connectivity index (χ2n) is 5.78. The third kappa shape index (κ3) is 2.47. The highest BCUT2D eigenvalue weighted by Crippen LogP contribution is 2.37. The van der Waals surface area contributed by atoms with Gasteiger partial charge in [-0.1, -0.05) is 19.1 Å². The van der Waals surface area contributed by atoms with Gasteiger partial charge in [-0.05, 0) is 37.0 Å². The van der Waals surface area contributed by atoms with E-state index in [0.717, 1.165) is 37.9 Å². The maximum atomic E-state index is 11.2. The molecule has 0 saturated carbocycles. The molecule has 2 fully saturated rings. The molecule has 2 aliphatic heterocycles. The number of hydrogen-bond donors (Lipinski definition) is 1. The van der Waals surface area contributed by atoms with E-state index in [1.165, 1.54) is 5.56 Å². The zero-order valence-corrected chi connectivity index (χ0v) is 11.8. The second-order valence-corrected chi connectivity index (χ2v) is 5.78. The van der Waals surface area contributed by atoms with Crippen LogP contribution in [0, 0.1) is 0 Å². The quantitative estimate of drug-likeness (QED) is 0.920. The van der Waals surface area contributed by atoms with Gasteiger partial charge in [-0.2, -0.15) is 0 Å². The molecular formula is C16H21NO3. The lowest BCUT2D eigenvalue weighted by Crippen LogP contribution is -2.48. The topological polar surface area (TPSA) is 49.8 Å². The third-order valence-corrected chi connectivity index (χ3v) is 4.55. The molecule has 1 aromatic rings. The minimum atomic E-state index is -0.775. The van der Waals surface area contributed by atoms with E-state index in [9.17, 15) is 9.90 Å². The minimum absolute atomic E-state index is 0.145. The molecule has 4 heteroatoms. The molecule has 1 amide bonds. The molecule has 0 radical (unpaired) electrons. The number of rotatable bonds is 3. The average Bonchev–Trinajstić information content (AvgIpc) is 2.72. The lowest BCUT2D eigenvalue weighted by molar-refractivity contribution is 0.0496. The monoisotopic (exact) mass is 275 g/mol. The predicted octanol–water partition coefficient (Wildman–Crippen LogP) is 3.30. The first-order valence-corrected chi connectivity index (χ1v) is 7.44. The largest absolute Gasteiger partial charge is 0.490 e. The normalized spacial score (nSPS) is 28.4. The van der Waals surface area contributed by atoms with Crippen LogP contribution in [0.1, 0.15) is 38.2 Å². The van der Waals surface area contributed by atoms with Crippen LogP contribution in [0.2, 0.25) is 0 Å². The number of benzene rings is 1. The lowest BCUT2D eigenvalue weighted by atomic mass is 10.00. The van der Waals surface area contributed by atoms with Gasteiger partial charge in [-0.15, -0.1) is 0 Å². The molecule has 1 aromatic carbocycles. The van der Waals surface area contributed by atoms with Crippen molar-refractivity contribution in [2.24, 2.45) is 0 Å². The molecule has 2 heterocycles. The van der Waals surface area contributed by atoms with Gasteiger partial charge in [0.15, 0.2) is 0 Å². The number of hydrogen-bond acceptors (Lipinski definition) is 2. The number of carbonyl (C=O) groups is 1. The van der Waals surface area contributed by atoms with Crippen LogP contribution >= 0.6 is 0 Å². The van der Waals surface area contributed by atoms with Crippen LogP contribution in [0.25, 0.3) is 0 Å². The van der Waals surface area contributed by atoms with Gasteiger partial charge in [0, 0.05) is 24.9 Å². The Kier molecular flexibility index (Phi) is 3.55. The van der Waals surface area contributed by atoms with Crippen molar-refractivity contribution in [2.45, 2.75) is 57.2 Å². The smallest absolute Gasteiger partial charge is 0.407 e. The molecule has 0 aromatic heterocycles. The molecule has 108 valence electrons. The summed E-state index contributed by atoms with van der Waals surface area (Å²) >= 11 is 0. The summed E-state index contributed by atoms with van der Waals surface area (Å²) in [4.78, 5) is 12.9. The summed E-state index contributed by atoms with van der Waals surface area (Å²) in [5.74, 6) is 0.898. The van der Waals surface area contributed by atoms with E-state index in [4.69, 9.17) is 4.74 Å². The summed E-state index contributed by atoms with van der Waals surface area (Å²) in [6.07, 6.45) is 3.99. The molecule has 3 atom stereocenters. The van der Waals surface area contributed by atoms with Crippen LogP contribution in [0.3, 0.4) is 0 Å². The second kappa shape index (κ2) is 5.35. The highest BCUT2D eigenvalue weighted by atomic mass is 16.5. The van der Waals surface area contributed by atoms with Gasteiger partial charge < -0.3 is 14.7 Å². The zero-order valence-electron chi connectivity index (χ0n) is 11.8. The number of ether oxygens (including phenoxy) is 1. The molecule has 3 rings (SSSR count). The molecule has 1 N–H and O–H groups in total. The van der Waals surface area contributed by atoms with Crippen LogP contribution in [0.4, 0.5) is 4.79 Å². The molecule has 1 unspecified atom stereocenters. The standard InChI is InChI=1S/C16H21NO3/c1-2-11-3-7-14(8-4-11)20-15-9-12-5-6-13(10-15)17(12)16(18)19/h3-4,7-8,12-13,15H,2,5-6,9-10H2,1H3,(H,18,19)/t12-,13+,15?. The lowest BCUT2D eigenvalue weighted by Gasteiger charge is -2.37. The van der Waals surface area contributed by atoms with E-state index in [-0.39, 0.29) is 18.2 Å².